The number of aromatic hydroxyl groups is 1. The Balaban J connectivity index is 1.97. The lowest BCUT2D eigenvalue weighted by molar-refractivity contribution is -0.128. The summed E-state index contributed by atoms with van der Waals surface area (Å²) in [6.45, 7) is 1.58. The third-order valence-electron chi connectivity index (χ3n) is 5.18. The Morgan fingerprint density at radius 1 is 1.21 bits per heavy atom. The number of rotatable bonds is 4. The maximum atomic E-state index is 13.4. The van der Waals surface area contributed by atoms with Crippen LogP contribution in [-0.2, 0) is 9.53 Å². The van der Waals surface area contributed by atoms with Crippen LogP contribution in [0.4, 0.5) is 0 Å². The summed E-state index contributed by atoms with van der Waals surface area (Å²) in [6, 6.07) is 15.6. The zero-order chi connectivity index (χ0) is 23.4. The summed E-state index contributed by atoms with van der Waals surface area (Å²) in [5, 5.41) is 19.8. The van der Waals surface area contributed by atoms with Crippen LogP contribution in [0.15, 0.2) is 53.3 Å². The Morgan fingerprint density at radius 2 is 1.94 bits per heavy atom. The molecule has 4 rings (SSSR count). The minimum absolute atomic E-state index is 0.0144. The number of phenols is 1. The predicted molar refractivity (Wildman–Crippen MR) is 124 cm³/mol. The Hall–Kier alpha value is -3.87. The first-order valence-corrected chi connectivity index (χ1v) is 11.0. The van der Waals surface area contributed by atoms with Gasteiger partial charge in [-0.3, -0.25) is 14.2 Å². The van der Waals surface area contributed by atoms with Gasteiger partial charge in [0.2, 0.25) is 0 Å². The number of aromatic nitrogens is 1. The van der Waals surface area contributed by atoms with Gasteiger partial charge in [0.25, 0.3) is 11.5 Å². The summed E-state index contributed by atoms with van der Waals surface area (Å²) in [5.74, 6) is -0.167. The maximum Gasteiger partial charge on any atom is 0.273 e. The standard InChI is InChI=1S/C24H21N3O5S/c1-31-20-13-16(7-8-19(20)28)14-21-23(30)27(17-5-3-2-4-6-17)24(33-21)18(15-25)22(29)26-9-11-32-12-10-26/h2-8,13-14,28H,9-12H2,1H3/b21-14-,24-18-. The van der Waals surface area contributed by atoms with Crippen molar-refractivity contribution in [3.63, 3.8) is 0 Å². The van der Waals surface area contributed by atoms with Crippen LogP contribution in [0.2, 0.25) is 0 Å². The molecule has 0 bridgehead atoms. The number of amides is 1. The first-order valence-electron chi connectivity index (χ1n) is 10.2. The largest absolute Gasteiger partial charge is 0.504 e. The molecule has 1 amide bonds. The van der Waals surface area contributed by atoms with Crippen LogP contribution >= 0.6 is 11.3 Å². The molecule has 1 aliphatic rings. The van der Waals surface area contributed by atoms with Gasteiger partial charge in [0.1, 0.15) is 10.7 Å². The van der Waals surface area contributed by atoms with Crippen LogP contribution in [0.5, 0.6) is 11.5 Å². The van der Waals surface area contributed by atoms with Crippen LogP contribution in [0.25, 0.3) is 17.3 Å². The van der Waals surface area contributed by atoms with E-state index >= 15 is 0 Å². The Labute approximate surface area is 193 Å². The van der Waals surface area contributed by atoms with Crippen LogP contribution < -0.4 is 19.5 Å². The normalized spacial score (nSPS) is 15.2. The van der Waals surface area contributed by atoms with Crippen molar-refractivity contribution < 1.29 is 19.4 Å². The topological polar surface area (TPSA) is 105 Å². The molecule has 1 aromatic heterocycles. The van der Waals surface area contributed by atoms with E-state index in [1.165, 1.54) is 17.7 Å². The molecule has 168 valence electrons. The third-order valence-corrected chi connectivity index (χ3v) is 6.27. The molecule has 8 nitrogen and oxygen atoms in total. The number of carbonyl (C=O) groups is 1. The zero-order valence-corrected chi connectivity index (χ0v) is 18.7. The van der Waals surface area contributed by atoms with Crippen molar-refractivity contribution in [2.45, 2.75) is 0 Å². The summed E-state index contributed by atoms with van der Waals surface area (Å²) < 4.78 is 12.5. The molecule has 0 atom stereocenters. The fourth-order valence-corrected chi connectivity index (χ4v) is 4.61. The number of ether oxygens (including phenoxy) is 2. The van der Waals surface area contributed by atoms with Gasteiger partial charge in [-0.25, -0.2) is 0 Å². The van der Waals surface area contributed by atoms with Crippen molar-refractivity contribution in [3.8, 4) is 23.3 Å². The monoisotopic (exact) mass is 463 g/mol. The molecule has 3 aromatic rings. The second-order valence-corrected chi connectivity index (χ2v) is 8.25. The van der Waals surface area contributed by atoms with Crippen molar-refractivity contribution >= 4 is 28.9 Å². The number of nitrogens with zero attached hydrogens (tertiary/aromatic N) is 3. The molecule has 0 aliphatic carbocycles. The van der Waals surface area contributed by atoms with E-state index < -0.39 is 5.91 Å². The summed E-state index contributed by atoms with van der Waals surface area (Å²) in [6.07, 6.45) is 1.64. The molecule has 0 saturated carbocycles. The summed E-state index contributed by atoms with van der Waals surface area (Å²) >= 11 is 1.07. The van der Waals surface area contributed by atoms with E-state index in [9.17, 15) is 20.0 Å². The van der Waals surface area contributed by atoms with E-state index in [-0.39, 0.29) is 27.3 Å². The second kappa shape index (κ2) is 9.73. The Morgan fingerprint density at radius 3 is 2.61 bits per heavy atom. The van der Waals surface area contributed by atoms with Gasteiger partial charge in [-0.2, -0.15) is 5.26 Å². The quantitative estimate of drug-likeness (QED) is 0.619. The Kier molecular flexibility index (Phi) is 6.58. The lowest BCUT2D eigenvalue weighted by atomic mass is 10.2. The molecule has 0 spiro atoms. The van der Waals surface area contributed by atoms with Crippen LogP contribution in [0, 0.1) is 11.3 Å². The lowest BCUT2D eigenvalue weighted by Crippen LogP contribution is -2.42. The van der Waals surface area contributed by atoms with E-state index in [0.29, 0.717) is 42.1 Å². The number of methoxy groups -OCH3 is 1. The van der Waals surface area contributed by atoms with Crippen molar-refractivity contribution in [1.82, 2.24) is 9.47 Å². The fraction of sp³-hybridized carbons (Fsp3) is 0.208. The molecular formula is C24H21N3O5S. The van der Waals surface area contributed by atoms with E-state index in [4.69, 9.17) is 9.47 Å². The molecule has 1 fully saturated rings. The van der Waals surface area contributed by atoms with Crippen LogP contribution in [0.1, 0.15) is 5.56 Å². The second-order valence-electron chi connectivity index (χ2n) is 7.21. The number of carbonyl (C=O) groups excluding carboxylic acids is 1. The molecular weight excluding hydrogens is 442 g/mol. The summed E-state index contributed by atoms with van der Waals surface area (Å²) in [5.41, 5.74) is 0.744. The molecule has 2 heterocycles. The minimum Gasteiger partial charge on any atom is -0.504 e. The number of hydrogen-bond acceptors (Lipinski definition) is 7. The number of nitriles is 1. The fourth-order valence-electron chi connectivity index (χ4n) is 3.51. The van der Waals surface area contributed by atoms with Gasteiger partial charge < -0.3 is 19.5 Å². The third kappa shape index (κ3) is 4.53. The number of thiazole rings is 1. The summed E-state index contributed by atoms with van der Waals surface area (Å²) in [4.78, 5) is 28.2. The number of para-hydroxylation sites is 1. The van der Waals surface area contributed by atoms with Crippen molar-refractivity contribution in [3.05, 3.63) is 73.6 Å². The number of hydrogen-bond donors (Lipinski definition) is 1. The molecule has 1 aliphatic heterocycles. The first kappa shape index (κ1) is 22.3. The molecule has 2 aromatic carbocycles. The smallest absolute Gasteiger partial charge is 0.273 e. The highest BCUT2D eigenvalue weighted by atomic mass is 32.1. The van der Waals surface area contributed by atoms with Gasteiger partial charge in [0.05, 0.1) is 30.5 Å². The molecule has 0 unspecified atom stereocenters. The highest BCUT2D eigenvalue weighted by molar-refractivity contribution is 7.07. The molecule has 9 heteroatoms. The highest BCUT2D eigenvalue weighted by Gasteiger charge is 2.24. The number of benzene rings is 2. The van der Waals surface area contributed by atoms with E-state index in [1.807, 2.05) is 12.1 Å². The van der Waals surface area contributed by atoms with E-state index in [0.717, 1.165) is 11.3 Å². The first-order chi connectivity index (χ1) is 16.0. The van der Waals surface area contributed by atoms with Gasteiger partial charge in [0, 0.05) is 13.1 Å². The average Bonchev–Trinajstić information content (AvgIpc) is 3.17. The number of morpholine rings is 1. The van der Waals surface area contributed by atoms with Crippen molar-refractivity contribution in [2.75, 3.05) is 33.4 Å². The average molecular weight is 464 g/mol. The van der Waals surface area contributed by atoms with Crippen molar-refractivity contribution in [1.29, 1.82) is 5.26 Å². The molecule has 1 saturated heterocycles. The van der Waals surface area contributed by atoms with Gasteiger partial charge in [-0.1, -0.05) is 24.3 Å². The Bertz CT molecular complexity index is 1400. The highest BCUT2D eigenvalue weighted by Crippen LogP contribution is 2.26. The van der Waals surface area contributed by atoms with E-state index in [1.54, 1.807) is 47.4 Å². The maximum absolute atomic E-state index is 13.4. The summed E-state index contributed by atoms with van der Waals surface area (Å²) in [7, 11) is 1.44. The molecule has 0 radical (unpaired) electrons. The number of phenolic OH excluding ortho intramolecular Hbond substituents is 1. The van der Waals surface area contributed by atoms with Gasteiger partial charge in [-0.05, 0) is 35.9 Å². The lowest BCUT2D eigenvalue weighted by Gasteiger charge is -2.26. The molecule has 33 heavy (non-hydrogen) atoms. The predicted octanol–water partition coefficient (Wildman–Crippen LogP) is 0.975. The van der Waals surface area contributed by atoms with Gasteiger partial charge in [-0.15, -0.1) is 11.3 Å². The van der Waals surface area contributed by atoms with Crippen LogP contribution in [-0.4, -0.2) is 53.9 Å². The zero-order valence-electron chi connectivity index (χ0n) is 17.9. The molecule has 1 N–H and O–H groups in total. The van der Waals surface area contributed by atoms with Gasteiger partial charge in [0.15, 0.2) is 17.1 Å². The van der Waals surface area contributed by atoms with E-state index in [2.05, 4.69) is 0 Å². The SMILES string of the molecule is COc1cc(/C=c2\s/c(=C(/C#N)C(=O)N3CCOCC3)n(-c3ccccc3)c2=O)ccc1O. The van der Waals surface area contributed by atoms with Crippen molar-refractivity contribution in [2.24, 2.45) is 0 Å². The van der Waals surface area contributed by atoms with Gasteiger partial charge >= 0.3 is 0 Å². The van der Waals surface area contributed by atoms with Crippen LogP contribution in [0.3, 0.4) is 0 Å². The minimum atomic E-state index is -0.426.